The van der Waals surface area contributed by atoms with E-state index in [2.05, 4.69) is 17.2 Å². The molecule has 2 aromatic rings. The van der Waals surface area contributed by atoms with Gasteiger partial charge in [0.2, 0.25) is 17.7 Å². The van der Waals surface area contributed by atoms with Gasteiger partial charge in [-0.2, -0.15) is 0 Å². The van der Waals surface area contributed by atoms with Crippen molar-refractivity contribution in [2.24, 2.45) is 5.73 Å². The Kier molecular flexibility index (Phi) is 11.3. The molecule has 0 aliphatic heterocycles. The van der Waals surface area contributed by atoms with Crippen LogP contribution in [0, 0.1) is 0 Å². The number of rotatable bonds is 12. The van der Waals surface area contributed by atoms with Gasteiger partial charge >= 0.3 is 6.09 Å². The van der Waals surface area contributed by atoms with Crippen molar-refractivity contribution >= 4 is 29.9 Å². The lowest BCUT2D eigenvalue weighted by atomic mass is 9.98. The maximum absolute atomic E-state index is 14.0. The van der Waals surface area contributed by atoms with Crippen molar-refractivity contribution in [1.29, 1.82) is 0 Å². The Bertz CT molecular complexity index is 1160. The molecule has 2 atom stereocenters. The fourth-order valence-corrected chi connectivity index (χ4v) is 4.03. The van der Waals surface area contributed by atoms with Crippen molar-refractivity contribution in [1.82, 2.24) is 15.5 Å². The SMILES string of the molecule is C=Cc1cccc(C(C(=O)NCc2ccccc2)N(C(=O)C(CCC(N)=O)NC(=O)OC(C)(C)C)C(C)C)c1. The number of alkyl carbamates (subject to hydrolysis) is 1. The fraction of sp³-hybridized carbons (Fsp3) is 0.400. The highest BCUT2D eigenvalue weighted by Crippen LogP contribution is 2.27. The van der Waals surface area contributed by atoms with Gasteiger partial charge in [0.15, 0.2) is 0 Å². The monoisotopic (exact) mass is 536 g/mol. The van der Waals surface area contributed by atoms with Crippen molar-refractivity contribution in [2.75, 3.05) is 0 Å². The summed E-state index contributed by atoms with van der Waals surface area (Å²) >= 11 is 0. The number of benzene rings is 2. The number of carbonyl (C=O) groups is 4. The van der Waals surface area contributed by atoms with E-state index in [-0.39, 0.29) is 19.4 Å². The van der Waals surface area contributed by atoms with Gasteiger partial charge in [0, 0.05) is 19.0 Å². The standard InChI is InChI=1S/C30H40N4O5/c1-7-21-14-11-15-23(18-21)26(27(36)32-19-22-12-9-8-10-13-22)34(20(2)3)28(37)24(16-17-25(31)35)33-29(38)39-30(4,5)6/h7-15,18,20,24,26H,1,16-17,19H2,2-6H3,(H2,31,35)(H,32,36)(H,33,38). The van der Waals surface area contributed by atoms with Crippen LogP contribution in [-0.4, -0.2) is 46.4 Å². The molecule has 0 fully saturated rings. The summed E-state index contributed by atoms with van der Waals surface area (Å²) in [5, 5.41) is 5.52. The van der Waals surface area contributed by atoms with Crippen LogP contribution in [-0.2, 0) is 25.7 Å². The molecule has 39 heavy (non-hydrogen) atoms. The molecule has 9 nitrogen and oxygen atoms in total. The highest BCUT2D eigenvalue weighted by molar-refractivity contribution is 5.92. The van der Waals surface area contributed by atoms with Gasteiger partial charge in [0.25, 0.3) is 0 Å². The second-order valence-corrected chi connectivity index (χ2v) is 10.5. The van der Waals surface area contributed by atoms with Crippen molar-refractivity contribution < 1.29 is 23.9 Å². The molecule has 9 heteroatoms. The Hall–Kier alpha value is -4.14. The number of hydrogen-bond donors (Lipinski definition) is 3. The van der Waals surface area contributed by atoms with E-state index in [0.29, 0.717) is 5.56 Å². The van der Waals surface area contributed by atoms with Crippen LogP contribution in [0.25, 0.3) is 6.08 Å². The Morgan fingerprint density at radius 1 is 1.05 bits per heavy atom. The molecule has 2 rings (SSSR count). The van der Waals surface area contributed by atoms with Crippen LogP contribution in [0.4, 0.5) is 4.79 Å². The van der Waals surface area contributed by atoms with E-state index >= 15 is 0 Å². The van der Waals surface area contributed by atoms with Crippen molar-refractivity contribution in [3.8, 4) is 0 Å². The van der Waals surface area contributed by atoms with Gasteiger partial charge in [-0.05, 0) is 63.8 Å². The molecule has 0 bridgehead atoms. The number of nitrogens with two attached hydrogens (primary N) is 1. The number of carbonyl (C=O) groups excluding carboxylic acids is 4. The van der Waals surface area contributed by atoms with Crippen LogP contribution < -0.4 is 16.4 Å². The maximum atomic E-state index is 14.0. The molecule has 2 aromatic carbocycles. The first-order valence-corrected chi connectivity index (χ1v) is 13.0. The fourth-order valence-electron chi connectivity index (χ4n) is 4.03. The zero-order valence-electron chi connectivity index (χ0n) is 23.4. The first-order chi connectivity index (χ1) is 18.3. The van der Waals surface area contributed by atoms with Crippen molar-refractivity contribution in [3.63, 3.8) is 0 Å². The lowest BCUT2D eigenvalue weighted by Gasteiger charge is -2.37. The number of hydrogen-bond acceptors (Lipinski definition) is 5. The molecular formula is C30H40N4O5. The van der Waals surface area contributed by atoms with Crippen LogP contribution >= 0.6 is 0 Å². The topological polar surface area (TPSA) is 131 Å². The molecule has 210 valence electrons. The summed E-state index contributed by atoms with van der Waals surface area (Å²) in [6.45, 7) is 12.7. The molecule has 0 aromatic heterocycles. The van der Waals surface area contributed by atoms with Gasteiger partial charge in [-0.15, -0.1) is 0 Å². The van der Waals surface area contributed by atoms with Crippen LogP contribution in [0.2, 0.25) is 0 Å². The van der Waals surface area contributed by atoms with Crippen LogP contribution in [0.1, 0.15) is 70.2 Å². The molecular weight excluding hydrogens is 496 g/mol. The number of primary amides is 1. The minimum absolute atomic E-state index is 0.0539. The minimum Gasteiger partial charge on any atom is -0.444 e. The molecule has 4 N–H and O–H groups in total. The zero-order chi connectivity index (χ0) is 29.2. The largest absolute Gasteiger partial charge is 0.444 e. The first kappa shape index (κ1) is 31.1. The minimum atomic E-state index is -1.15. The number of nitrogens with one attached hydrogen (secondary N) is 2. The van der Waals surface area contributed by atoms with Gasteiger partial charge in [-0.3, -0.25) is 14.4 Å². The average molecular weight is 537 g/mol. The van der Waals surface area contributed by atoms with E-state index in [4.69, 9.17) is 10.5 Å². The normalized spacial score (nSPS) is 12.7. The Morgan fingerprint density at radius 3 is 2.28 bits per heavy atom. The predicted octanol–water partition coefficient (Wildman–Crippen LogP) is 4.08. The van der Waals surface area contributed by atoms with E-state index in [0.717, 1.165) is 11.1 Å². The van der Waals surface area contributed by atoms with E-state index in [9.17, 15) is 19.2 Å². The van der Waals surface area contributed by atoms with E-state index in [1.807, 2.05) is 36.4 Å². The molecule has 2 unspecified atom stereocenters. The second kappa shape index (κ2) is 14.1. The summed E-state index contributed by atoms with van der Waals surface area (Å²) in [4.78, 5) is 53.4. The first-order valence-electron chi connectivity index (χ1n) is 13.0. The summed E-state index contributed by atoms with van der Waals surface area (Å²) < 4.78 is 5.35. The lowest BCUT2D eigenvalue weighted by molar-refractivity contribution is -0.144. The molecule has 0 saturated carbocycles. The van der Waals surface area contributed by atoms with E-state index in [1.165, 1.54) is 4.90 Å². The van der Waals surface area contributed by atoms with E-state index < -0.39 is 47.5 Å². The van der Waals surface area contributed by atoms with Crippen LogP contribution in [0.15, 0.2) is 61.2 Å². The van der Waals surface area contributed by atoms with Crippen molar-refractivity contribution in [2.45, 2.75) is 77.7 Å². The Labute approximate surface area is 230 Å². The third kappa shape index (κ3) is 9.92. The summed E-state index contributed by atoms with van der Waals surface area (Å²) in [6, 6.07) is 14.0. The van der Waals surface area contributed by atoms with Gasteiger partial charge < -0.3 is 26.0 Å². The Balaban J connectivity index is 2.49. The molecule has 0 aliphatic carbocycles. The smallest absolute Gasteiger partial charge is 0.408 e. The molecule has 4 amide bonds. The lowest BCUT2D eigenvalue weighted by Crippen LogP contribution is -2.55. The van der Waals surface area contributed by atoms with Gasteiger partial charge in [0.05, 0.1) is 0 Å². The van der Waals surface area contributed by atoms with Crippen LogP contribution in [0.3, 0.4) is 0 Å². The van der Waals surface area contributed by atoms with Gasteiger partial charge in [-0.25, -0.2) is 4.79 Å². The second-order valence-electron chi connectivity index (χ2n) is 10.5. The van der Waals surface area contributed by atoms with Crippen LogP contribution in [0.5, 0.6) is 0 Å². The quantitative estimate of drug-likeness (QED) is 0.376. The van der Waals surface area contributed by atoms with Gasteiger partial charge in [-0.1, -0.05) is 61.2 Å². The number of nitrogens with zero attached hydrogens (tertiary/aromatic N) is 1. The predicted molar refractivity (Wildman–Crippen MR) is 151 cm³/mol. The highest BCUT2D eigenvalue weighted by atomic mass is 16.6. The third-order valence-electron chi connectivity index (χ3n) is 5.78. The summed E-state index contributed by atoms with van der Waals surface area (Å²) in [5.74, 6) is -1.56. The summed E-state index contributed by atoms with van der Waals surface area (Å²) in [6.07, 6.45) is 0.646. The summed E-state index contributed by atoms with van der Waals surface area (Å²) in [5.41, 5.74) is 6.81. The van der Waals surface area contributed by atoms with Gasteiger partial charge in [0.1, 0.15) is 17.7 Å². The Morgan fingerprint density at radius 2 is 1.72 bits per heavy atom. The summed E-state index contributed by atoms with van der Waals surface area (Å²) in [7, 11) is 0. The molecule has 0 spiro atoms. The molecule has 0 saturated heterocycles. The third-order valence-corrected chi connectivity index (χ3v) is 5.78. The highest BCUT2D eigenvalue weighted by Gasteiger charge is 2.37. The maximum Gasteiger partial charge on any atom is 0.408 e. The molecule has 0 radical (unpaired) electrons. The molecule has 0 aliphatic rings. The molecule has 0 heterocycles. The van der Waals surface area contributed by atoms with Crippen molar-refractivity contribution in [3.05, 3.63) is 77.9 Å². The zero-order valence-corrected chi connectivity index (χ0v) is 23.4. The number of amides is 4. The number of ether oxygens (including phenoxy) is 1. The average Bonchev–Trinajstić information content (AvgIpc) is 2.87. The van der Waals surface area contributed by atoms with E-state index in [1.54, 1.807) is 58.9 Å².